The van der Waals surface area contributed by atoms with E-state index in [-0.39, 0.29) is 29.5 Å². The number of primary amides is 1. The maximum atomic E-state index is 11.5. The van der Waals surface area contributed by atoms with Crippen molar-refractivity contribution < 1.29 is 24.0 Å². The summed E-state index contributed by atoms with van der Waals surface area (Å²) in [5, 5.41) is 13.1. The van der Waals surface area contributed by atoms with Crippen molar-refractivity contribution in [2.75, 3.05) is 13.2 Å². The first kappa shape index (κ1) is 19.5. The zero-order chi connectivity index (χ0) is 18.5. The molecule has 0 aliphatic heterocycles. The molecule has 0 unspecified atom stereocenters. The van der Waals surface area contributed by atoms with Gasteiger partial charge >= 0.3 is 6.09 Å². The van der Waals surface area contributed by atoms with Gasteiger partial charge in [-0.2, -0.15) is 0 Å². The number of nitrogens with zero attached hydrogens (tertiary/aromatic N) is 1. The van der Waals surface area contributed by atoms with E-state index in [4.69, 9.17) is 26.8 Å². The third-order valence-electron chi connectivity index (χ3n) is 2.53. The minimum atomic E-state index is -0.855. The molecule has 0 radical (unpaired) electrons. The predicted molar refractivity (Wildman–Crippen MR) is 86.4 cm³/mol. The van der Waals surface area contributed by atoms with Gasteiger partial charge in [0.05, 0.1) is 11.5 Å². The van der Waals surface area contributed by atoms with E-state index in [0.717, 1.165) is 6.07 Å². The van der Waals surface area contributed by atoms with Gasteiger partial charge in [-0.25, -0.2) is 4.79 Å². The van der Waals surface area contributed by atoms with Crippen LogP contribution in [0.25, 0.3) is 0 Å². The van der Waals surface area contributed by atoms with Gasteiger partial charge in [0.25, 0.3) is 5.69 Å². The van der Waals surface area contributed by atoms with Gasteiger partial charge in [0, 0.05) is 11.6 Å². The van der Waals surface area contributed by atoms with Crippen molar-refractivity contribution in [3.63, 3.8) is 0 Å². The number of benzene rings is 1. The summed E-state index contributed by atoms with van der Waals surface area (Å²) in [7, 11) is 0. The van der Waals surface area contributed by atoms with Crippen molar-refractivity contribution in [3.8, 4) is 5.75 Å². The Balaban J connectivity index is 2.73. The molecule has 24 heavy (non-hydrogen) atoms. The number of amides is 2. The van der Waals surface area contributed by atoms with Gasteiger partial charge in [-0.1, -0.05) is 11.6 Å². The summed E-state index contributed by atoms with van der Waals surface area (Å²) in [5.74, 6) is -0.933. The number of ether oxygens (including phenoxy) is 2. The summed E-state index contributed by atoms with van der Waals surface area (Å²) in [5.41, 5.74) is 3.88. The molecule has 1 aromatic carbocycles. The molecule has 1 aromatic rings. The van der Waals surface area contributed by atoms with E-state index in [9.17, 15) is 19.7 Å². The quantitative estimate of drug-likeness (QED) is 0.454. The molecule has 1 rings (SSSR count). The summed E-state index contributed by atoms with van der Waals surface area (Å²) in [6, 6.07) is 2.17. The molecule has 10 heteroatoms. The molecule has 0 fully saturated rings. The van der Waals surface area contributed by atoms with Crippen LogP contribution in [0, 0.1) is 10.1 Å². The van der Waals surface area contributed by atoms with E-state index in [1.165, 1.54) is 6.07 Å². The van der Waals surface area contributed by atoms with Crippen LogP contribution in [0.4, 0.5) is 10.5 Å². The van der Waals surface area contributed by atoms with Crippen molar-refractivity contribution in [2.24, 2.45) is 5.73 Å². The first-order valence-electron chi connectivity index (χ1n) is 6.88. The fraction of sp³-hybridized carbons (Fsp3) is 0.429. The Bertz CT molecular complexity index is 657. The van der Waals surface area contributed by atoms with Crippen LogP contribution in [0.15, 0.2) is 12.1 Å². The Morgan fingerprint density at radius 1 is 1.38 bits per heavy atom. The van der Waals surface area contributed by atoms with Gasteiger partial charge in [0.1, 0.15) is 18.0 Å². The summed E-state index contributed by atoms with van der Waals surface area (Å²) in [4.78, 5) is 32.9. The molecular weight excluding hydrogens is 342 g/mol. The normalized spacial score (nSPS) is 10.8. The highest BCUT2D eigenvalue weighted by atomic mass is 35.5. The van der Waals surface area contributed by atoms with E-state index in [1.54, 1.807) is 20.8 Å². The molecule has 9 nitrogen and oxygen atoms in total. The van der Waals surface area contributed by atoms with Crippen LogP contribution in [0.1, 0.15) is 31.1 Å². The average Bonchev–Trinajstić information content (AvgIpc) is 2.42. The summed E-state index contributed by atoms with van der Waals surface area (Å²) in [6.45, 7) is 5.18. The number of hydrogen-bond acceptors (Lipinski definition) is 6. The predicted octanol–water partition coefficient (Wildman–Crippen LogP) is 2.25. The van der Waals surface area contributed by atoms with Crippen LogP contribution in [0.3, 0.4) is 0 Å². The Hall–Kier alpha value is -2.55. The van der Waals surface area contributed by atoms with Crippen LogP contribution >= 0.6 is 11.6 Å². The smallest absolute Gasteiger partial charge is 0.407 e. The van der Waals surface area contributed by atoms with E-state index in [1.807, 2.05) is 0 Å². The Morgan fingerprint density at radius 3 is 2.50 bits per heavy atom. The second-order valence-electron chi connectivity index (χ2n) is 5.71. The molecule has 0 atom stereocenters. The fourth-order valence-corrected chi connectivity index (χ4v) is 1.82. The molecule has 3 N–H and O–H groups in total. The molecule has 0 aliphatic carbocycles. The Labute approximate surface area is 143 Å². The summed E-state index contributed by atoms with van der Waals surface area (Å²) in [6.07, 6.45) is -0.630. The maximum absolute atomic E-state index is 11.5. The van der Waals surface area contributed by atoms with Gasteiger partial charge in [0.15, 0.2) is 5.02 Å². The van der Waals surface area contributed by atoms with Gasteiger partial charge in [-0.15, -0.1) is 0 Å². The number of nitro benzene ring substituents is 1. The van der Waals surface area contributed by atoms with Crippen LogP contribution in [0.5, 0.6) is 5.75 Å². The lowest BCUT2D eigenvalue weighted by Gasteiger charge is -2.19. The number of rotatable bonds is 6. The summed E-state index contributed by atoms with van der Waals surface area (Å²) < 4.78 is 10.3. The largest absolute Gasteiger partial charge is 0.490 e. The van der Waals surface area contributed by atoms with Crippen molar-refractivity contribution in [1.82, 2.24) is 5.32 Å². The standard InChI is InChI=1S/C14H18ClN3O6/c1-14(2,3)24-13(20)17-4-5-23-10-7-8(12(16)19)6-9(11(10)15)18(21)22/h6-7H,4-5H2,1-3H3,(H2,16,19)(H,17,20). The minimum Gasteiger partial charge on any atom is -0.490 e. The number of nitrogens with two attached hydrogens (primary N) is 1. The number of nitrogens with one attached hydrogen (secondary N) is 1. The van der Waals surface area contributed by atoms with Crippen molar-refractivity contribution in [1.29, 1.82) is 0 Å². The zero-order valence-corrected chi connectivity index (χ0v) is 14.2. The highest BCUT2D eigenvalue weighted by Crippen LogP contribution is 2.35. The Kier molecular flexibility index (Phi) is 6.35. The third kappa shape index (κ3) is 5.92. The molecule has 0 bridgehead atoms. The highest BCUT2D eigenvalue weighted by Gasteiger charge is 2.21. The van der Waals surface area contributed by atoms with Crippen LogP contribution in [0.2, 0.25) is 5.02 Å². The van der Waals surface area contributed by atoms with E-state index in [0.29, 0.717) is 0 Å². The molecule has 0 aliphatic rings. The number of halogens is 1. The van der Waals surface area contributed by atoms with Crippen molar-refractivity contribution in [3.05, 3.63) is 32.8 Å². The number of alkyl carbamates (subject to hydrolysis) is 1. The van der Waals surface area contributed by atoms with Crippen molar-refractivity contribution >= 4 is 29.3 Å². The second-order valence-corrected chi connectivity index (χ2v) is 6.08. The number of hydrogen-bond donors (Lipinski definition) is 2. The van der Waals surface area contributed by atoms with Gasteiger partial charge in [-0.05, 0) is 26.8 Å². The molecule has 132 valence electrons. The van der Waals surface area contributed by atoms with E-state index in [2.05, 4.69) is 5.32 Å². The molecular formula is C14H18ClN3O6. The van der Waals surface area contributed by atoms with E-state index >= 15 is 0 Å². The third-order valence-corrected chi connectivity index (χ3v) is 2.91. The average molecular weight is 360 g/mol. The highest BCUT2D eigenvalue weighted by molar-refractivity contribution is 6.34. The van der Waals surface area contributed by atoms with Crippen LogP contribution in [-0.2, 0) is 4.74 Å². The van der Waals surface area contributed by atoms with E-state index < -0.39 is 28.2 Å². The first-order valence-corrected chi connectivity index (χ1v) is 7.26. The number of carbonyl (C=O) groups excluding carboxylic acids is 2. The van der Waals surface area contributed by atoms with Gasteiger partial charge in [-0.3, -0.25) is 14.9 Å². The lowest BCUT2D eigenvalue weighted by molar-refractivity contribution is -0.384. The SMILES string of the molecule is CC(C)(C)OC(=O)NCCOc1cc(C(N)=O)cc([N+](=O)[O-])c1Cl. The Morgan fingerprint density at radius 2 is 2.00 bits per heavy atom. The topological polar surface area (TPSA) is 134 Å². The van der Waals surface area contributed by atoms with Gasteiger partial charge < -0.3 is 20.5 Å². The second kappa shape index (κ2) is 7.82. The molecule has 0 saturated carbocycles. The monoisotopic (exact) mass is 359 g/mol. The molecule has 0 spiro atoms. The minimum absolute atomic E-state index is 0.0433. The van der Waals surface area contributed by atoms with Gasteiger partial charge in [0.2, 0.25) is 5.91 Å². The molecule has 0 aromatic heterocycles. The lowest BCUT2D eigenvalue weighted by atomic mass is 10.2. The maximum Gasteiger partial charge on any atom is 0.407 e. The molecule has 0 saturated heterocycles. The first-order chi connectivity index (χ1) is 11.0. The van der Waals surface area contributed by atoms with Crippen LogP contribution in [-0.4, -0.2) is 35.7 Å². The zero-order valence-electron chi connectivity index (χ0n) is 13.4. The lowest BCUT2D eigenvalue weighted by Crippen LogP contribution is -2.34. The van der Waals surface area contributed by atoms with Crippen molar-refractivity contribution in [2.45, 2.75) is 26.4 Å². The number of carbonyl (C=O) groups is 2. The fourth-order valence-electron chi connectivity index (χ4n) is 1.59. The number of nitro groups is 1. The molecule has 2 amide bonds. The molecule has 0 heterocycles. The van der Waals surface area contributed by atoms with Crippen LogP contribution < -0.4 is 15.8 Å². The summed E-state index contributed by atoms with van der Waals surface area (Å²) >= 11 is 5.88.